The standard InChI is InChI=1S/C31H48N6.H2/c1-2-3-4-6-14-29(35-20-8-5-7-17-32-18-11-22-35)37-24-28(34-25-37)23-36-21-10-13-27-16-15-26-12-9-19-33-30(26)31(27)36;/h2-3,9,12,19,24-25,27,29,31-32H,4-8,10-11,13-18,20-23H2,1H3;1H/b3-2-;/t27-,29?,31-;/m0./s1. The number of aromatic nitrogens is 3. The number of hydrogen-bond donors (Lipinski definition) is 1. The van der Waals surface area contributed by atoms with E-state index in [1.54, 1.807) is 0 Å². The zero-order chi connectivity index (χ0) is 25.3. The first-order valence-corrected chi connectivity index (χ1v) is 15.1. The predicted molar refractivity (Wildman–Crippen MR) is 153 cm³/mol. The quantitative estimate of drug-likeness (QED) is 0.345. The highest BCUT2D eigenvalue weighted by molar-refractivity contribution is 5.27. The Morgan fingerprint density at radius 2 is 2.00 bits per heavy atom. The van der Waals surface area contributed by atoms with E-state index < -0.39 is 0 Å². The van der Waals surface area contributed by atoms with Gasteiger partial charge in [-0.15, -0.1) is 0 Å². The summed E-state index contributed by atoms with van der Waals surface area (Å²) in [5.41, 5.74) is 4.01. The van der Waals surface area contributed by atoms with Crippen LogP contribution in [0.5, 0.6) is 0 Å². The molecule has 2 aromatic heterocycles. The van der Waals surface area contributed by atoms with Crippen LogP contribution >= 0.6 is 0 Å². The Kier molecular flexibility index (Phi) is 9.83. The summed E-state index contributed by atoms with van der Waals surface area (Å²) in [5, 5.41) is 3.63. The van der Waals surface area contributed by atoms with E-state index in [4.69, 9.17) is 9.97 Å². The highest BCUT2D eigenvalue weighted by Crippen LogP contribution is 2.43. The number of rotatable bonds is 8. The number of fused-ring (bicyclic) bond motifs is 3. The topological polar surface area (TPSA) is 49.2 Å². The third-order valence-electron chi connectivity index (χ3n) is 8.80. The molecule has 3 aliphatic rings. The van der Waals surface area contributed by atoms with Crippen molar-refractivity contribution in [1.29, 1.82) is 0 Å². The Balaban J connectivity index is 0.00000336. The third kappa shape index (κ3) is 6.90. The van der Waals surface area contributed by atoms with Crippen LogP contribution in [0.3, 0.4) is 0 Å². The molecular weight excluding hydrogens is 456 g/mol. The van der Waals surface area contributed by atoms with Gasteiger partial charge >= 0.3 is 0 Å². The van der Waals surface area contributed by atoms with Crippen molar-refractivity contribution in [1.82, 2.24) is 29.7 Å². The average molecular weight is 507 g/mol. The first-order valence-electron chi connectivity index (χ1n) is 15.1. The van der Waals surface area contributed by atoms with E-state index >= 15 is 0 Å². The molecule has 0 aromatic carbocycles. The molecule has 5 rings (SSSR count). The monoisotopic (exact) mass is 506 g/mol. The lowest BCUT2D eigenvalue weighted by atomic mass is 9.77. The molecule has 2 aromatic rings. The normalized spacial score (nSPS) is 25.0. The van der Waals surface area contributed by atoms with Crippen molar-refractivity contribution in [3.63, 3.8) is 0 Å². The van der Waals surface area contributed by atoms with Crippen LogP contribution < -0.4 is 5.32 Å². The third-order valence-corrected chi connectivity index (χ3v) is 8.80. The van der Waals surface area contributed by atoms with Gasteiger partial charge in [0.2, 0.25) is 0 Å². The Morgan fingerprint density at radius 3 is 2.95 bits per heavy atom. The highest BCUT2D eigenvalue weighted by atomic mass is 15.3. The summed E-state index contributed by atoms with van der Waals surface area (Å²) in [7, 11) is 0. The highest BCUT2D eigenvalue weighted by Gasteiger charge is 2.37. The molecule has 1 aliphatic carbocycles. The van der Waals surface area contributed by atoms with Gasteiger partial charge in [0.1, 0.15) is 0 Å². The zero-order valence-electron chi connectivity index (χ0n) is 23.0. The second kappa shape index (κ2) is 13.7. The fourth-order valence-electron chi connectivity index (χ4n) is 6.92. The average Bonchev–Trinajstić information content (AvgIpc) is 3.40. The Bertz CT molecular complexity index is 980. The molecule has 2 fully saturated rings. The van der Waals surface area contributed by atoms with Gasteiger partial charge in [-0.05, 0) is 108 Å². The van der Waals surface area contributed by atoms with E-state index in [-0.39, 0.29) is 1.43 Å². The first-order chi connectivity index (χ1) is 18.3. The van der Waals surface area contributed by atoms with E-state index in [9.17, 15) is 0 Å². The van der Waals surface area contributed by atoms with Crippen LogP contribution in [0.2, 0.25) is 0 Å². The summed E-state index contributed by atoms with van der Waals surface area (Å²) in [6.07, 6.45) is 25.2. The van der Waals surface area contributed by atoms with Crippen molar-refractivity contribution in [3.8, 4) is 0 Å². The molecule has 0 radical (unpaired) electrons. The molecule has 3 atom stereocenters. The molecule has 37 heavy (non-hydrogen) atoms. The minimum absolute atomic E-state index is 0. The number of nitrogens with zero attached hydrogens (tertiary/aromatic N) is 5. The zero-order valence-corrected chi connectivity index (χ0v) is 23.0. The molecule has 0 amide bonds. The van der Waals surface area contributed by atoms with Gasteiger partial charge in [0, 0.05) is 33.5 Å². The van der Waals surface area contributed by atoms with Crippen molar-refractivity contribution in [2.24, 2.45) is 5.92 Å². The summed E-state index contributed by atoms with van der Waals surface area (Å²) in [4.78, 5) is 15.3. The Hall–Kier alpha value is -2.02. The number of pyridine rings is 1. The van der Waals surface area contributed by atoms with Crippen molar-refractivity contribution in [3.05, 3.63) is 60.0 Å². The van der Waals surface area contributed by atoms with E-state index in [2.05, 4.69) is 63.4 Å². The van der Waals surface area contributed by atoms with Crippen LogP contribution in [-0.2, 0) is 13.0 Å². The van der Waals surface area contributed by atoms with Crippen LogP contribution in [0.15, 0.2) is 43.0 Å². The molecule has 204 valence electrons. The smallest absolute Gasteiger partial charge is 0.0963 e. The van der Waals surface area contributed by atoms with Crippen molar-refractivity contribution >= 4 is 0 Å². The molecular formula is C31H50N6. The maximum atomic E-state index is 4.99. The van der Waals surface area contributed by atoms with Gasteiger partial charge < -0.3 is 9.88 Å². The van der Waals surface area contributed by atoms with Crippen molar-refractivity contribution in [2.75, 3.05) is 32.7 Å². The number of aryl methyl sites for hydroxylation is 1. The maximum absolute atomic E-state index is 4.99. The van der Waals surface area contributed by atoms with Crippen LogP contribution in [-0.4, -0.2) is 57.1 Å². The van der Waals surface area contributed by atoms with E-state index in [0.717, 1.165) is 38.5 Å². The number of allylic oxidation sites excluding steroid dienone is 2. The molecule has 6 heteroatoms. The molecule has 0 bridgehead atoms. The largest absolute Gasteiger partial charge is 0.321 e. The van der Waals surface area contributed by atoms with E-state index in [0.29, 0.717) is 12.2 Å². The van der Waals surface area contributed by atoms with Gasteiger partial charge in [0.25, 0.3) is 0 Å². The molecule has 6 nitrogen and oxygen atoms in total. The van der Waals surface area contributed by atoms with Gasteiger partial charge in [-0.3, -0.25) is 14.8 Å². The lowest BCUT2D eigenvalue weighted by Crippen LogP contribution is -2.41. The minimum Gasteiger partial charge on any atom is -0.321 e. The fourth-order valence-corrected chi connectivity index (χ4v) is 6.92. The van der Waals surface area contributed by atoms with Crippen molar-refractivity contribution < 1.29 is 1.43 Å². The summed E-state index contributed by atoms with van der Waals surface area (Å²) < 4.78 is 2.44. The molecule has 2 aliphatic heterocycles. The van der Waals surface area contributed by atoms with Gasteiger partial charge in [0.15, 0.2) is 0 Å². The number of imidazole rings is 1. The fraction of sp³-hybridized carbons (Fsp3) is 0.677. The molecule has 1 unspecified atom stereocenters. The second-order valence-corrected chi connectivity index (χ2v) is 11.4. The lowest BCUT2D eigenvalue weighted by molar-refractivity contribution is 0.0684. The number of piperidine rings is 1. The predicted octanol–water partition coefficient (Wildman–Crippen LogP) is 6.13. The number of unbranched alkanes of at least 4 members (excludes halogenated alkanes) is 1. The van der Waals surface area contributed by atoms with E-state index in [1.165, 1.54) is 94.2 Å². The molecule has 2 saturated heterocycles. The lowest BCUT2D eigenvalue weighted by Gasteiger charge is -2.44. The summed E-state index contributed by atoms with van der Waals surface area (Å²) >= 11 is 0. The summed E-state index contributed by atoms with van der Waals surface area (Å²) in [5.74, 6) is 0.736. The van der Waals surface area contributed by atoms with Crippen LogP contribution in [0, 0.1) is 5.92 Å². The maximum Gasteiger partial charge on any atom is 0.0963 e. The number of hydrogen-bond acceptors (Lipinski definition) is 5. The van der Waals surface area contributed by atoms with Crippen LogP contribution in [0.1, 0.15) is 102 Å². The summed E-state index contributed by atoms with van der Waals surface area (Å²) in [6.45, 7) is 8.87. The van der Waals surface area contributed by atoms with E-state index in [1.807, 2.05) is 6.20 Å². The van der Waals surface area contributed by atoms with Gasteiger partial charge in [-0.2, -0.15) is 0 Å². The van der Waals surface area contributed by atoms with Crippen LogP contribution in [0.4, 0.5) is 0 Å². The van der Waals surface area contributed by atoms with Gasteiger partial charge in [-0.1, -0.05) is 24.6 Å². The second-order valence-electron chi connectivity index (χ2n) is 11.4. The van der Waals surface area contributed by atoms with Gasteiger partial charge in [-0.25, -0.2) is 4.98 Å². The Morgan fingerprint density at radius 1 is 1.08 bits per heavy atom. The minimum atomic E-state index is 0. The van der Waals surface area contributed by atoms with Crippen molar-refractivity contribution in [2.45, 2.75) is 96.3 Å². The molecule has 0 saturated carbocycles. The molecule has 4 heterocycles. The number of likely N-dealkylation sites (tertiary alicyclic amines) is 1. The molecule has 1 N–H and O–H groups in total. The SMILES string of the molecule is C/C=C\CCCC(N1CCCCCNCCC1)n1cnc(CN2CCC[C@H]3CCc4cccnc4[C@H]32)c1.[HH]. The first kappa shape index (κ1) is 26.6. The molecule has 0 spiro atoms. The Labute approximate surface area is 226 Å². The van der Waals surface area contributed by atoms with Crippen LogP contribution in [0.25, 0.3) is 0 Å². The van der Waals surface area contributed by atoms with Gasteiger partial charge in [0.05, 0.1) is 29.9 Å². The number of nitrogens with one attached hydrogen (secondary N) is 1. The summed E-state index contributed by atoms with van der Waals surface area (Å²) in [6, 6.07) is 4.85.